The number of carbonyl (C=O) groups excluding carboxylic acids is 1. The van der Waals surface area contributed by atoms with Crippen molar-refractivity contribution in [2.75, 3.05) is 24.5 Å². The maximum absolute atomic E-state index is 13.7. The number of carbonyl (C=O) groups is 1. The van der Waals surface area contributed by atoms with Crippen molar-refractivity contribution >= 4 is 21.6 Å². The van der Waals surface area contributed by atoms with Gasteiger partial charge in [0.2, 0.25) is 11.8 Å². The number of rotatable bonds is 11. The Balaban J connectivity index is 1.17. The third-order valence-corrected chi connectivity index (χ3v) is 10.8. The molecule has 1 heterocycles. The van der Waals surface area contributed by atoms with Gasteiger partial charge in [-0.05, 0) is 64.9 Å². The Labute approximate surface area is 295 Å². The van der Waals surface area contributed by atoms with Gasteiger partial charge < -0.3 is 10.1 Å². The monoisotopic (exact) mass is 739 g/mol. The zero-order chi connectivity index (χ0) is 37.3. The average molecular weight is 740 g/mol. The molecule has 1 N–H and O–H groups in total. The number of pyridine rings is 1. The summed E-state index contributed by atoms with van der Waals surface area (Å²) in [4.78, 5) is 17.8. The zero-order valence-electron chi connectivity index (χ0n) is 27.5. The number of anilines is 1. The van der Waals surface area contributed by atoms with Crippen LogP contribution in [-0.4, -0.2) is 45.7 Å². The Bertz CT molecular complexity index is 2140. The number of sulfonamides is 1. The van der Waals surface area contributed by atoms with Gasteiger partial charge in [-0.2, -0.15) is 26.3 Å². The molecule has 5 aromatic rings. The largest absolute Gasteiger partial charge is 0.478 e. The van der Waals surface area contributed by atoms with E-state index in [0.29, 0.717) is 11.1 Å². The molecule has 0 radical (unpaired) electrons. The van der Waals surface area contributed by atoms with E-state index in [2.05, 4.69) is 10.3 Å². The topological polar surface area (TPSA) is 88.6 Å². The van der Waals surface area contributed by atoms with Gasteiger partial charge in [0.1, 0.15) is 12.0 Å². The zero-order valence-corrected chi connectivity index (χ0v) is 28.3. The fourth-order valence-corrected chi connectivity index (χ4v) is 7.89. The molecule has 4 aromatic carbocycles. The molecule has 0 saturated heterocycles. The Morgan fingerprint density at radius 1 is 0.788 bits per heavy atom. The minimum absolute atomic E-state index is 0.0413. The number of hydrogen-bond acceptors (Lipinski definition) is 5. The predicted octanol–water partition coefficient (Wildman–Crippen LogP) is 8.40. The molecule has 0 aliphatic heterocycles. The van der Waals surface area contributed by atoms with Crippen LogP contribution in [0.15, 0.2) is 120 Å². The summed E-state index contributed by atoms with van der Waals surface area (Å²) in [6, 6.07) is 27.3. The van der Waals surface area contributed by atoms with E-state index in [1.54, 1.807) is 42.5 Å². The first-order chi connectivity index (χ1) is 24.6. The minimum Gasteiger partial charge on any atom is -0.478 e. The summed E-state index contributed by atoms with van der Waals surface area (Å²) in [7, 11) is -2.89. The van der Waals surface area contributed by atoms with Crippen LogP contribution in [-0.2, 0) is 26.4 Å². The van der Waals surface area contributed by atoms with Gasteiger partial charge in [0.15, 0.2) is 0 Å². The number of ether oxygens (including phenoxy) is 1. The summed E-state index contributed by atoms with van der Waals surface area (Å²) in [5.74, 6) is -0.628. The number of alkyl halides is 6. The van der Waals surface area contributed by atoms with Crippen molar-refractivity contribution in [2.24, 2.45) is 0 Å². The highest BCUT2D eigenvalue weighted by molar-refractivity contribution is 7.93. The highest BCUT2D eigenvalue weighted by atomic mass is 32.2. The first kappa shape index (κ1) is 36.4. The molecular weight excluding hydrogens is 708 g/mol. The van der Waals surface area contributed by atoms with Crippen LogP contribution in [0.2, 0.25) is 0 Å². The second-order valence-corrected chi connectivity index (χ2v) is 14.1. The fraction of sp³-hybridized carbons (Fsp3) is 0.211. The number of fused-ring (bicyclic) bond motifs is 3. The van der Waals surface area contributed by atoms with Crippen LogP contribution in [0.25, 0.3) is 22.3 Å². The molecule has 270 valence electrons. The smallest absolute Gasteiger partial charge is 0.416 e. The van der Waals surface area contributed by atoms with Gasteiger partial charge >= 0.3 is 12.4 Å². The fourth-order valence-electron chi connectivity index (χ4n) is 6.50. The lowest BCUT2D eigenvalue weighted by Crippen LogP contribution is -2.47. The van der Waals surface area contributed by atoms with Crippen LogP contribution in [0.3, 0.4) is 0 Å². The molecule has 1 aliphatic rings. The normalized spacial score (nSPS) is 13.6. The molecular formula is C38H31F6N3O4S. The van der Waals surface area contributed by atoms with E-state index in [-0.39, 0.29) is 47.0 Å². The van der Waals surface area contributed by atoms with Crippen molar-refractivity contribution < 1.29 is 44.3 Å². The highest BCUT2D eigenvalue weighted by Gasteiger charge is 2.49. The van der Waals surface area contributed by atoms with Gasteiger partial charge in [-0.1, -0.05) is 78.9 Å². The second kappa shape index (κ2) is 14.0. The summed E-state index contributed by atoms with van der Waals surface area (Å²) in [6.45, 7) is -1.44. The molecule has 0 bridgehead atoms. The number of aromatic nitrogens is 1. The molecule has 1 aromatic heterocycles. The molecule has 0 saturated carbocycles. The van der Waals surface area contributed by atoms with E-state index in [9.17, 15) is 39.6 Å². The number of nitrogens with zero attached hydrogens (tertiary/aromatic N) is 2. The third kappa shape index (κ3) is 7.07. The summed E-state index contributed by atoms with van der Waals surface area (Å²) < 4.78 is 113. The second-order valence-electron chi connectivity index (χ2n) is 12.1. The molecule has 6 rings (SSSR count). The average Bonchev–Trinajstić information content (AvgIpc) is 3.42. The lowest BCUT2D eigenvalue weighted by molar-refractivity contribution is -0.141. The quantitative estimate of drug-likeness (QED) is 0.109. The van der Waals surface area contributed by atoms with Crippen molar-refractivity contribution in [1.82, 2.24) is 10.3 Å². The van der Waals surface area contributed by atoms with Crippen molar-refractivity contribution in [1.29, 1.82) is 0 Å². The van der Waals surface area contributed by atoms with E-state index >= 15 is 0 Å². The molecule has 0 fully saturated rings. The maximum atomic E-state index is 13.7. The number of amides is 1. The molecule has 0 unspecified atom stereocenters. The standard InChI is InChI=1S/C38H31F6N3O4S/c1-47(52(49,50)33-14-7-4-9-28(33)25-15-17-26(18-16-25)38(42,43)44)27-19-20-34(45-23-27)51-22-8-21-36(35(48)46-24-37(39,40)41)31-12-5-2-10-29(31)30-11-3-6-13-32(30)36/h2-7,9-20,23H,8,21-22,24H2,1H3,(H,46,48). The minimum atomic E-state index is -4.60. The molecule has 52 heavy (non-hydrogen) atoms. The molecule has 0 spiro atoms. The SMILES string of the molecule is CN(c1ccc(OCCCC2(C(=O)NCC(F)(F)F)c3ccccc3-c3ccccc32)nc1)S(=O)(=O)c1ccccc1-c1ccc(C(F)(F)F)cc1. The van der Waals surface area contributed by atoms with Crippen molar-refractivity contribution in [3.63, 3.8) is 0 Å². The van der Waals surface area contributed by atoms with Crippen molar-refractivity contribution in [3.8, 4) is 28.1 Å². The maximum Gasteiger partial charge on any atom is 0.416 e. The Morgan fingerprint density at radius 3 is 1.92 bits per heavy atom. The first-order valence-corrected chi connectivity index (χ1v) is 17.5. The molecule has 1 amide bonds. The van der Waals surface area contributed by atoms with Gasteiger partial charge in [0.05, 0.1) is 29.0 Å². The Hall–Kier alpha value is -5.37. The number of halogens is 6. The van der Waals surface area contributed by atoms with E-state index in [1.165, 1.54) is 55.7 Å². The molecule has 0 atom stereocenters. The summed E-state index contributed by atoms with van der Waals surface area (Å²) in [5.41, 5.74) is 1.15. The Morgan fingerprint density at radius 2 is 1.37 bits per heavy atom. The van der Waals surface area contributed by atoms with E-state index in [4.69, 9.17) is 4.74 Å². The van der Waals surface area contributed by atoms with E-state index in [0.717, 1.165) is 27.6 Å². The van der Waals surface area contributed by atoms with Crippen LogP contribution in [0.1, 0.15) is 29.5 Å². The molecule has 7 nitrogen and oxygen atoms in total. The summed E-state index contributed by atoms with van der Waals surface area (Å²) in [6.07, 6.45) is -7.48. The summed E-state index contributed by atoms with van der Waals surface area (Å²) >= 11 is 0. The van der Waals surface area contributed by atoms with Gasteiger partial charge in [-0.3, -0.25) is 9.10 Å². The van der Waals surface area contributed by atoms with Gasteiger partial charge in [-0.25, -0.2) is 13.4 Å². The first-order valence-electron chi connectivity index (χ1n) is 16.0. The van der Waals surface area contributed by atoms with Gasteiger partial charge in [0.25, 0.3) is 10.0 Å². The number of benzene rings is 4. The van der Waals surface area contributed by atoms with Crippen LogP contribution < -0.4 is 14.4 Å². The van der Waals surface area contributed by atoms with E-state index in [1.807, 2.05) is 12.1 Å². The van der Waals surface area contributed by atoms with Crippen LogP contribution in [0.5, 0.6) is 5.88 Å². The van der Waals surface area contributed by atoms with Crippen LogP contribution in [0, 0.1) is 0 Å². The highest BCUT2D eigenvalue weighted by Crippen LogP contribution is 2.51. The number of hydrogen-bond donors (Lipinski definition) is 1. The van der Waals surface area contributed by atoms with Gasteiger partial charge in [-0.15, -0.1) is 0 Å². The lowest BCUT2D eigenvalue weighted by Gasteiger charge is -2.31. The van der Waals surface area contributed by atoms with E-state index < -0.39 is 45.8 Å². The van der Waals surface area contributed by atoms with Gasteiger partial charge in [0, 0.05) is 18.7 Å². The molecule has 14 heteroatoms. The van der Waals surface area contributed by atoms with Crippen LogP contribution >= 0.6 is 0 Å². The number of nitrogens with one attached hydrogen (secondary N) is 1. The molecule has 1 aliphatic carbocycles. The van der Waals surface area contributed by atoms with Crippen molar-refractivity contribution in [3.05, 3.63) is 132 Å². The lowest BCUT2D eigenvalue weighted by atomic mass is 9.73. The predicted molar refractivity (Wildman–Crippen MR) is 183 cm³/mol. The van der Waals surface area contributed by atoms with Crippen LogP contribution in [0.4, 0.5) is 32.0 Å². The van der Waals surface area contributed by atoms with Crippen molar-refractivity contribution in [2.45, 2.75) is 35.5 Å². The Kier molecular flexibility index (Phi) is 9.79. The third-order valence-electron chi connectivity index (χ3n) is 8.98. The summed E-state index contributed by atoms with van der Waals surface area (Å²) in [5, 5.41) is 2.09.